The number of fused-ring (bicyclic) bond motifs is 1. The average molecular weight is 197 g/mol. The van der Waals surface area contributed by atoms with Crippen LogP contribution in [0, 0.1) is 0 Å². The monoisotopic (exact) mass is 198 g/mol. The Bertz CT molecular complexity index is 304. The van der Waals surface area contributed by atoms with Crippen molar-refractivity contribution in [2.75, 3.05) is 0 Å². The summed E-state index contributed by atoms with van der Waals surface area (Å²) in [4.78, 5) is 0. The summed E-state index contributed by atoms with van der Waals surface area (Å²) in [6.07, 6.45) is 1.84. The van der Waals surface area contributed by atoms with Gasteiger partial charge in [-0.2, -0.15) is 0 Å². The molecule has 10 heavy (non-hydrogen) atoms. The van der Waals surface area contributed by atoms with Gasteiger partial charge in [0.1, 0.15) is 0 Å². The first-order chi connectivity index (χ1) is 4.83. The number of aromatic hydroxyl groups is 1. The summed E-state index contributed by atoms with van der Waals surface area (Å²) < 4.78 is 2.48. The molecule has 50 valence electrons. The molecule has 0 atom stereocenters. The Morgan fingerprint density at radius 3 is 2.90 bits per heavy atom. The summed E-state index contributed by atoms with van der Waals surface area (Å²) in [6.45, 7) is 3.68. The van der Waals surface area contributed by atoms with Gasteiger partial charge in [-0.15, -0.1) is 0 Å². The molecule has 0 saturated carbocycles. The van der Waals surface area contributed by atoms with E-state index in [1.165, 1.54) is 10.0 Å². The average Bonchev–Trinajstić information content (AvgIpc) is 2.68. The number of benzene rings is 1. The molecule has 2 heteroatoms. The second-order valence-corrected chi connectivity index (χ2v) is 4.28. The Hall–Kier alpha value is -0.721. The van der Waals surface area contributed by atoms with Crippen molar-refractivity contribution < 1.29 is 5.11 Å². The maximum absolute atomic E-state index is 9.17. The molecule has 0 fully saturated rings. The molecule has 1 heterocycles. The summed E-state index contributed by atoms with van der Waals surface area (Å²) in [5, 5.41) is 9.17. The van der Waals surface area contributed by atoms with Crippen molar-refractivity contribution in [1.82, 2.24) is 0 Å². The van der Waals surface area contributed by atoms with Crippen molar-refractivity contribution in [2.24, 2.45) is 0 Å². The van der Waals surface area contributed by atoms with Gasteiger partial charge in [-0.05, 0) is 0 Å². The van der Waals surface area contributed by atoms with Gasteiger partial charge in [0.25, 0.3) is 0 Å². The van der Waals surface area contributed by atoms with E-state index < -0.39 is 0 Å². The van der Waals surface area contributed by atoms with Crippen LogP contribution in [0.2, 0.25) is 0 Å². The van der Waals surface area contributed by atoms with Gasteiger partial charge in [0.15, 0.2) is 0 Å². The van der Waals surface area contributed by atoms with Gasteiger partial charge in [-0.1, -0.05) is 0 Å². The fourth-order valence-electron chi connectivity index (χ4n) is 0.916. The fraction of sp³-hybridized carbons (Fsp3) is 0. The number of hydrogen-bond donors (Lipinski definition) is 1. The van der Waals surface area contributed by atoms with Gasteiger partial charge < -0.3 is 0 Å². The second kappa shape index (κ2) is 1.88. The molecule has 0 saturated heterocycles. The Balaban J connectivity index is 2.62. The van der Waals surface area contributed by atoms with Gasteiger partial charge in [0.05, 0.1) is 0 Å². The topological polar surface area (TPSA) is 20.2 Å². The summed E-state index contributed by atoms with van der Waals surface area (Å²) >= 11 is 0.442. The standard InChI is InChI=1S/C8H6OSe/c1-2-5-3-4-6(9)8-7(5)10-8/h2-4,9H,1H2. The molecule has 0 aromatic heterocycles. The fourth-order valence-corrected chi connectivity index (χ4v) is 2.63. The molecular formula is C8H6OSe. The molecule has 0 bridgehead atoms. The second-order valence-electron chi connectivity index (χ2n) is 2.14. The summed E-state index contributed by atoms with van der Waals surface area (Å²) in [5.74, 6) is 0.459. The summed E-state index contributed by atoms with van der Waals surface area (Å²) in [5.41, 5.74) is 1.19. The molecule has 0 unspecified atom stereocenters. The van der Waals surface area contributed by atoms with Crippen LogP contribution in [0.1, 0.15) is 5.56 Å². The Labute approximate surface area is 65.5 Å². The number of rotatable bonds is 1. The van der Waals surface area contributed by atoms with Crippen molar-refractivity contribution >= 4 is 30.0 Å². The van der Waals surface area contributed by atoms with Crippen LogP contribution in [0.25, 0.3) is 6.08 Å². The van der Waals surface area contributed by atoms with E-state index in [-0.39, 0.29) is 0 Å². The molecule has 1 aliphatic rings. The minimum atomic E-state index is 0.442. The van der Waals surface area contributed by atoms with E-state index in [1.807, 2.05) is 12.1 Å². The molecule has 1 aliphatic heterocycles. The van der Waals surface area contributed by atoms with Gasteiger partial charge in [-0.25, -0.2) is 0 Å². The van der Waals surface area contributed by atoms with E-state index >= 15 is 0 Å². The van der Waals surface area contributed by atoms with Crippen LogP contribution >= 0.6 is 0 Å². The zero-order chi connectivity index (χ0) is 7.14. The zero-order valence-corrected chi connectivity index (χ0v) is 7.01. The van der Waals surface area contributed by atoms with Crippen molar-refractivity contribution in [3.05, 3.63) is 24.3 Å². The van der Waals surface area contributed by atoms with Crippen LogP contribution in [-0.4, -0.2) is 20.1 Å². The predicted molar refractivity (Wildman–Crippen MR) is 43.2 cm³/mol. The van der Waals surface area contributed by atoms with Crippen LogP contribution in [0.5, 0.6) is 5.75 Å². The molecule has 0 aliphatic carbocycles. The van der Waals surface area contributed by atoms with E-state index in [0.717, 1.165) is 4.46 Å². The predicted octanol–water partition coefficient (Wildman–Crippen LogP) is 0.00360. The van der Waals surface area contributed by atoms with E-state index in [1.54, 1.807) is 6.07 Å². The normalized spacial score (nSPS) is 12.4. The number of phenolic OH excluding ortho intramolecular Hbond substituents is 1. The quantitative estimate of drug-likeness (QED) is 0.638. The van der Waals surface area contributed by atoms with Crippen LogP contribution in [0.4, 0.5) is 0 Å². The Morgan fingerprint density at radius 1 is 1.40 bits per heavy atom. The zero-order valence-electron chi connectivity index (χ0n) is 5.29. The molecule has 0 radical (unpaired) electrons. The molecule has 1 aromatic rings. The van der Waals surface area contributed by atoms with E-state index in [9.17, 15) is 5.11 Å². The summed E-state index contributed by atoms with van der Waals surface area (Å²) in [6, 6.07) is 3.65. The van der Waals surface area contributed by atoms with Gasteiger partial charge in [0, 0.05) is 0 Å². The first kappa shape index (κ1) is 6.02. The molecule has 1 N–H and O–H groups in total. The van der Waals surface area contributed by atoms with Gasteiger partial charge in [0.2, 0.25) is 0 Å². The molecule has 0 spiro atoms. The van der Waals surface area contributed by atoms with Gasteiger partial charge >= 0.3 is 65.1 Å². The third kappa shape index (κ3) is 0.698. The van der Waals surface area contributed by atoms with Crippen LogP contribution in [0.3, 0.4) is 0 Å². The molecule has 0 amide bonds. The van der Waals surface area contributed by atoms with Crippen molar-refractivity contribution in [3.8, 4) is 5.75 Å². The van der Waals surface area contributed by atoms with Crippen LogP contribution in [0.15, 0.2) is 18.7 Å². The Morgan fingerprint density at radius 2 is 2.20 bits per heavy atom. The Kier molecular flexibility index (Phi) is 1.13. The van der Waals surface area contributed by atoms with Crippen LogP contribution < -0.4 is 8.92 Å². The maximum atomic E-state index is 9.17. The van der Waals surface area contributed by atoms with E-state index in [4.69, 9.17) is 0 Å². The molecule has 1 nitrogen and oxygen atoms in total. The van der Waals surface area contributed by atoms with Crippen molar-refractivity contribution in [1.29, 1.82) is 0 Å². The molecule has 1 aromatic carbocycles. The third-order valence-electron chi connectivity index (χ3n) is 1.50. The van der Waals surface area contributed by atoms with E-state index in [0.29, 0.717) is 20.7 Å². The molecule has 2 rings (SSSR count). The van der Waals surface area contributed by atoms with E-state index in [2.05, 4.69) is 6.58 Å². The number of hydrogen-bond acceptors (Lipinski definition) is 1. The van der Waals surface area contributed by atoms with Gasteiger partial charge in [-0.3, -0.25) is 0 Å². The van der Waals surface area contributed by atoms with Crippen molar-refractivity contribution in [2.45, 2.75) is 0 Å². The SMILES string of the molecule is C=Cc1ccc(O)c2c1[Se]2. The van der Waals surface area contributed by atoms with Crippen LogP contribution in [-0.2, 0) is 0 Å². The summed E-state index contributed by atoms with van der Waals surface area (Å²) in [7, 11) is 0. The number of phenols is 1. The first-order valence-electron chi connectivity index (χ1n) is 2.99. The third-order valence-corrected chi connectivity index (χ3v) is 3.72. The molecular weight excluding hydrogens is 191 g/mol. The first-order valence-corrected chi connectivity index (χ1v) is 4.70. The van der Waals surface area contributed by atoms with Crippen molar-refractivity contribution in [3.63, 3.8) is 0 Å². The minimum absolute atomic E-state index is 0.442.